The summed E-state index contributed by atoms with van der Waals surface area (Å²) in [5.74, 6) is -0.377. The van der Waals surface area contributed by atoms with Crippen molar-refractivity contribution in [1.82, 2.24) is 13.7 Å². The van der Waals surface area contributed by atoms with Crippen LogP contribution in [-0.4, -0.2) is 41.1 Å². The fourth-order valence-electron chi connectivity index (χ4n) is 3.77. The van der Waals surface area contributed by atoms with Crippen LogP contribution >= 0.6 is 0 Å². The molecule has 3 heterocycles. The van der Waals surface area contributed by atoms with Crippen LogP contribution in [0.15, 0.2) is 47.6 Å². The van der Waals surface area contributed by atoms with Gasteiger partial charge in [-0.15, -0.1) is 0 Å². The summed E-state index contributed by atoms with van der Waals surface area (Å²) >= 11 is 0. The molecule has 1 aliphatic heterocycles. The van der Waals surface area contributed by atoms with Gasteiger partial charge in [-0.25, -0.2) is 13.4 Å². The highest BCUT2D eigenvalue weighted by Crippen LogP contribution is 2.26. The second-order valence-corrected chi connectivity index (χ2v) is 9.75. The smallest absolute Gasteiger partial charge is 0.275 e. The lowest BCUT2D eigenvalue weighted by Gasteiger charge is -2.21. The molecule has 1 fully saturated rings. The van der Waals surface area contributed by atoms with Gasteiger partial charge in [0.05, 0.1) is 4.90 Å². The highest BCUT2D eigenvalue weighted by Gasteiger charge is 2.27. The monoisotopic (exact) mass is 426 g/mol. The van der Waals surface area contributed by atoms with E-state index in [9.17, 15) is 13.2 Å². The minimum absolute atomic E-state index is 0.243. The van der Waals surface area contributed by atoms with Crippen molar-refractivity contribution < 1.29 is 13.2 Å². The van der Waals surface area contributed by atoms with E-state index in [0.29, 0.717) is 30.0 Å². The summed E-state index contributed by atoms with van der Waals surface area (Å²) in [5.41, 5.74) is 3.13. The summed E-state index contributed by atoms with van der Waals surface area (Å²) in [6.07, 6.45) is 7.38. The van der Waals surface area contributed by atoms with Gasteiger partial charge in [-0.3, -0.25) is 4.79 Å². The zero-order valence-corrected chi connectivity index (χ0v) is 18.1. The number of carbonyl (C=O) groups excluding carboxylic acids is 1. The van der Waals surface area contributed by atoms with E-state index in [2.05, 4.69) is 10.3 Å². The molecule has 30 heavy (non-hydrogen) atoms. The Labute approximate surface area is 176 Å². The third-order valence-electron chi connectivity index (χ3n) is 5.48. The molecule has 1 aliphatic rings. The third kappa shape index (κ3) is 4.11. The summed E-state index contributed by atoms with van der Waals surface area (Å²) in [4.78, 5) is 17.3. The van der Waals surface area contributed by atoms with Crippen molar-refractivity contribution >= 4 is 27.3 Å². The van der Waals surface area contributed by atoms with Crippen molar-refractivity contribution in [3.05, 3.63) is 59.5 Å². The molecule has 158 valence electrons. The second kappa shape index (κ2) is 8.20. The van der Waals surface area contributed by atoms with Crippen LogP contribution in [-0.2, 0) is 10.0 Å². The topological polar surface area (TPSA) is 83.8 Å². The highest BCUT2D eigenvalue weighted by atomic mass is 32.2. The van der Waals surface area contributed by atoms with Crippen LogP contribution in [0.25, 0.3) is 5.65 Å². The first-order chi connectivity index (χ1) is 14.3. The molecule has 1 N–H and O–H groups in total. The van der Waals surface area contributed by atoms with Gasteiger partial charge < -0.3 is 9.72 Å². The number of nitrogens with zero attached hydrogens (tertiary/aromatic N) is 3. The Morgan fingerprint density at radius 2 is 1.77 bits per heavy atom. The number of aromatic nitrogens is 2. The van der Waals surface area contributed by atoms with E-state index in [1.54, 1.807) is 40.0 Å². The Morgan fingerprint density at radius 1 is 1.03 bits per heavy atom. The molecule has 7 nitrogen and oxygen atoms in total. The average Bonchev–Trinajstić information content (AvgIpc) is 2.93. The van der Waals surface area contributed by atoms with E-state index in [-0.39, 0.29) is 16.5 Å². The number of sulfonamides is 1. The maximum atomic E-state index is 13.2. The minimum atomic E-state index is -3.60. The molecule has 4 rings (SSSR count). The molecular formula is C22H26N4O3S. The Hall–Kier alpha value is -2.71. The van der Waals surface area contributed by atoms with Crippen LogP contribution in [0.1, 0.15) is 47.3 Å². The van der Waals surface area contributed by atoms with Crippen LogP contribution < -0.4 is 5.32 Å². The summed E-state index contributed by atoms with van der Waals surface area (Å²) in [5, 5.41) is 2.79. The van der Waals surface area contributed by atoms with Crippen molar-refractivity contribution in [3.63, 3.8) is 0 Å². The number of anilines is 1. The number of benzene rings is 1. The van der Waals surface area contributed by atoms with Crippen molar-refractivity contribution in [2.75, 3.05) is 18.4 Å². The summed E-state index contributed by atoms with van der Waals surface area (Å²) in [6, 6.07) is 8.83. The van der Waals surface area contributed by atoms with Gasteiger partial charge in [0.1, 0.15) is 11.3 Å². The van der Waals surface area contributed by atoms with Crippen molar-refractivity contribution in [1.29, 1.82) is 0 Å². The largest absolute Gasteiger partial charge is 0.321 e. The molecule has 1 saturated heterocycles. The SMILES string of the molecule is Cc1ccn2cc(C(=O)Nc3ccc(C)c(S(=O)(=O)N4CCCCCC4)c3)nc2c1. The number of rotatable bonds is 4. The van der Waals surface area contributed by atoms with Gasteiger partial charge in [0.25, 0.3) is 5.91 Å². The molecule has 0 spiro atoms. The third-order valence-corrected chi connectivity index (χ3v) is 7.52. The number of imidazole rings is 1. The zero-order valence-electron chi connectivity index (χ0n) is 17.3. The molecule has 0 atom stereocenters. The van der Waals surface area contributed by atoms with E-state index >= 15 is 0 Å². The molecule has 0 aliphatic carbocycles. The first-order valence-corrected chi connectivity index (χ1v) is 11.7. The van der Waals surface area contributed by atoms with Crippen molar-refractivity contribution in [2.24, 2.45) is 0 Å². The normalized spacial score (nSPS) is 15.8. The van der Waals surface area contributed by atoms with Gasteiger partial charge in [0.15, 0.2) is 0 Å². The number of hydrogen-bond acceptors (Lipinski definition) is 4. The molecule has 2 aromatic heterocycles. The van der Waals surface area contributed by atoms with Gasteiger partial charge in [-0.1, -0.05) is 18.9 Å². The van der Waals surface area contributed by atoms with Crippen LogP contribution in [0.2, 0.25) is 0 Å². The molecule has 8 heteroatoms. The maximum Gasteiger partial charge on any atom is 0.275 e. The lowest BCUT2D eigenvalue weighted by atomic mass is 10.2. The predicted octanol–water partition coefficient (Wildman–Crippen LogP) is 3.77. The number of pyridine rings is 1. The highest BCUT2D eigenvalue weighted by molar-refractivity contribution is 7.89. The molecule has 0 bridgehead atoms. The van der Waals surface area contributed by atoms with Gasteiger partial charge in [0, 0.05) is 31.2 Å². The second-order valence-electron chi connectivity index (χ2n) is 7.85. The Kier molecular flexibility index (Phi) is 5.62. The van der Waals surface area contributed by atoms with E-state index in [1.807, 2.05) is 25.3 Å². The summed E-state index contributed by atoms with van der Waals surface area (Å²) in [6.45, 7) is 4.83. The van der Waals surface area contributed by atoms with Crippen LogP contribution in [0.5, 0.6) is 0 Å². The van der Waals surface area contributed by atoms with Crippen LogP contribution in [0.3, 0.4) is 0 Å². The van der Waals surface area contributed by atoms with Gasteiger partial charge in [-0.05, 0) is 62.1 Å². The minimum Gasteiger partial charge on any atom is -0.321 e. The summed E-state index contributed by atoms with van der Waals surface area (Å²) in [7, 11) is -3.60. The number of amides is 1. The number of nitrogens with one attached hydrogen (secondary N) is 1. The molecule has 0 radical (unpaired) electrons. The first kappa shape index (κ1) is 20.6. The zero-order chi connectivity index (χ0) is 21.3. The van der Waals surface area contributed by atoms with E-state index in [4.69, 9.17) is 0 Å². The Morgan fingerprint density at radius 3 is 2.50 bits per heavy atom. The maximum absolute atomic E-state index is 13.2. The molecule has 0 saturated carbocycles. The van der Waals surface area contributed by atoms with Gasteiger partial charge >= 0.3 is 0 Å². The van der Waals surface area contributed by atoms with E-state index in [0.717, 1.165) is 31.2 Å². The van der Waals surface area contributed by atoms with Crippen molar-refractivity contribution in [2.45, 2.75) is 44.4 Å². The standard InChI is InChI=1S/C22H26N4O3S/c1-16-9-12-25-15-19(24-21(25)13-16)22(27)23-18-8-7-17(2)20(14-18)30(28,29)26-10-5-3-4-6-11-26/h7-9,12-15H,3-6,10-11H2,1-2H3,(H,23,27). The van der Waals surface area contributed by atoms with E-state index < -0.39 is 10.0 Å². The Balaban J connectivity index is 1.59. The number of fused-ring (bicyclic) bond motifs is 1. The van der Waals surface area contributed by atoms with E-state index in [1.165, 1.54) is 0 Å². The van der Waals surface area contributed by atoms with Gasteiger partial charge in [0.2, 0.25) is 10.0 Å². The Bertz CT molecular complexity index is 1190. The number of aryl methyl sites for hydroxylation is 2. The fourth-order valence-corrected chi connectivity index (χ4v) is 5.53. The van der Waals surface area contributed by atoms with Gasteiger partial charge in [-0.2, -0.15) is 4.31 Å². The molecule has 3 aromatic rings. The quantitative estimate of drug-likeness (QED) is 0.688. The average molecular weight is 427 g/mol. The summed E-state index contributed by atoms with van der Waals surface area (Å²) < 4.78 is 29.8. The van der Waals surface area contributed by atoms with Crippen molar-refractivity contribution in [3.8, 4) is 0 Å². The van der Waals surface area contributed by atoms with Crippen LogP contribution in [0.4, 0.5) is 5.69 Å². The lowest BCUT2D eigenvalue weighted by molar-refractivity contribution is 0.102. The fraction of sp³-hybridized carbons (Fsp3) is 0.364. The molecule has 1 aromatic carbocycles. The number of carbonyl (C=O) groups is 1. The molecule has 1 amide bonds. The predicted molar refractivity (Wildman–Crippen MR) is 116 cm³/mol. The molecule has 0 unspecified atom stereocenters. The molecular weight excluding hydrogens is 400 g/mol. The number of hydrogen-bond donors (Lipinski definition) is 1. The van der Waals surface area contributed by atoms with Crippen LogP contribution in [0, 0.1) is 13.8 Å². The lowest BCUT2D eigenvalue weighted by Crippen LogP contribution is -2.32. The first-order valence-electron chi connectivity index (χ1n) is 10.2.